The molecule has 1 heterocycles. The summed E-state index contributed by atoms with van der Waals surface area (Å²) in [7, 11) is 0. The number of hydrogen-bond donors (Lipinski definition) is 1. The second-order valence-electron chi connectivity index (χ2n) is 3.82. The van der Waals surface area contributed by atoms with E-state index < -0.39 is 0 Å². The Labute approximate surface area is 125 Å². The van der Waals surface area contributed by atoms with Crippen molar-refractivity contribution in [2.45, 2.75) is 6.92 Å². The van der Waals surface area contributed by atoms with Crippen LogP contribution in [0.25, 0.3) is 0 Å². The summed E-state index contributed by atoms with van der Waals surface area (Å²) in [5.41, 5.74) is 1.41. The molecular weight excluding hydrogens is 307 g/mol. The summed E-state index contributed by atoms with van der Waals surface area (Å²) in [6.45, 7) is 1.75. The van der Waals surface area contributed by atoms with E-state index in [0.717, 1.165) is 0 Å². The van der Waals surface area contributed by atoms with Crippen LogP contribution in [-0.4, -0.2) is 10.9 Å². The molecule has 0 fully saturated rings. The minimum Gasteiger partial charge on any atom is -0.320 e. The molecule has 98 valence electrons. The number of anilines is 1. The number of rotatable bonds is 2. The number of nitrogens with one attached hydrogen (secondary N) is 1. The van der Waals surface area contributed by atoms with Gasteiger partial charge in [0.25, 0.3) is 5.91 Å². The number of aromatic nitrogens is 1. The minimum absolute atomic E-state index is 0.236. The van der Waals surface area contributed by atoms with Gasteiger partial charge in [-0.3, -0.25) is 4.79 Å². The van der Waals surface area contributed by atoms with Crippen LogP contribution < -0.4 is 5.32 Å². The molecule has 0 saturated carbocycles. The molecule has 0 unspecified atom stereocenters. The fourth-order valence-electron chi connectivity index (χ4n) is 1.56. The third kappa shape index (κ3) is 3.18. The average Bonchev–Trinajstić information content (AvgIpc) is 2.32. The Hall–Kier alpha value is -1.29. The van der Waals surface area contributed by atoms with Crippen LogP contribution in [0.3, 0.4) is 0 Å². The van der Waals surface area contributed by atoms with Gasteiger partial charge in [0, 0.05) is 0 Å². The lowest BCUT2D eigenvalue weighted by molar-refractivity contribution is 0.102. The third-order valence-electron chi connectivity index (χ3n) is 2.49. The molecule has 0 radical (unpaired) electrons. The van der Waals surface area contributed by atoms with E-state index in [9.17, 15) is 4.79 Å². The predicted octanol–water partition coefficient (Wildman–Crippen LogP) is 4.60. The molecule has 19 heavy (non-hydrogen) atoms. The maximum atomic E-state index is 12.2. The number of pyridine rings is 1. The van der Waals surface area contributed by atoms with E-state index in [1.807, 2.05) is 0 Å². The molecule has 0 atom stereocenters. The largest absolute Gasteiger partial charge is 0.320 e. The second kappa shape index (κ2) is 5.78. The average molecular weight is 316 g/mol. The van der Waals surface area contributed by atoms with E-state index in [1.165, 1.54) is 0 Å². The van der Waals surface area contributed by atoms with Gasteiger partial charge in [-0.2, -0.15) is 0 Å². The highest BCUT2D eigenvalue weighted by Crippen LogP contribution is 2.26. The lowest BCUT2D eigenvalue weighted by Crippen LogP contribution is -2.14. The third-order valence-corrected chi connectivity index (χ3v) is 3.33. The highest BCUT2D eigenvalue weighted by atomic mass is 35.5. The van der Waals surface area contributed by atoms with Crippen LogP contribution in [0.1, 0.15) is 16.1 Å². The molecule has 0 bridgehead atoms. The number of halogens is 3. The topological polar surface area (TPSA) is 42.0 Å². The quantitative estimate of drug-likeness (QED) is 0.823. The van der Waals surface area contributed by atoms with Gasteiger partial charge in [-0.25, -0.2) is 4.98 Å². The van der Waals surface area contributed by atoms with Crippen LogP contribution >= 0.6 is 34.8 Å². The van der Waals surface area contributed by atoms with Gasteiger partial charge < -0.3 is 5.32 Å². The van der Waals surface area contributed by atoms with Gasteiger partial charge in [-0.05, 0) is 31.2 Å². The van der Waals surface area contributed by atoms with Gasteiger partial charge in [-0.15, -0.1) is 0 Å². The molecule has 0 spiro atoms. The molecular formula is C13H9Cl3N2O. The van der Waals surface area contributed by atoms with Gasteiger partial charge in [0.15, 0.2) is 0 Å². The fraction of sp³-hybridized carbons (Fsp3) is 0.0769. The maximum Gasteiger partial charge on any atom is 0.258 e. The van der Waals surface area contributed by atoms with Crippen molar-refractivity contribution < 1.29 is 4.79 Å². The smallest absolute Gasteiger partial charge is 0.258 e. The number of carbonyl (C=O) groups is 1. The van der Waals surface area contributed by atoms with Crippen molar-refractivity contribution in [3.8, 4) is 0 Å². The van der Waals surface area contributed by atoms with Crippen LogP contribution in [0.4, 0.5) is 5.69 Å². The van der Waals surface area contributed by atoms with Crippen molar-refractivity contribution in [3.05, 3.63) is 56.8 Å². The zero-order valence-corrected chi connectivity index (χ0v) is 12.1. The van der Waals surface area contributed by atoms with E-state index in [4.69, 9.17) is 34.8 Å². The molecule has 1 aromatic heterocycles. The van der Waals surface area contributed by atoms with Crippen molar-refractivity contribution in [1.82, 2.24) is 4.98 Å². The van der Waals surface area contributed by atoms with E-state index in [0.29, 0.717) is 26.6 Å². The Kier molecular flexibility index (Phi) is 4.30. The summed E-state index contributed by atoms with van der Waals surface area (Å²) in [6.07, 6.45) is 0. The molecule has 2 aromatic rings. The molecule has 0 aliphatic heterocycles. The number of carbonyl (C=O) groups excluding carboxylic acids is 1. The summed E-state index contributed by atoms with van der Waals surface area (Å²) in [5, 5.41) is 3.67. The minimum atomic E-state index is -0.386. The fourth-order valence-corrected chi connectivity index (χ4v) is 2.32. The first-order valence-corrected chi connectivity index (χ1v) is 6.51. The number of amides is 1. The summed E-state index contributed by atoms with van der Waals surface area (Å²) in [6, 6.07) is 8.16. The van der Waals surface area contributed by atoms with E-state index >= 15 is 0 Å². The number of nitrogens with zero attached hydrogens (tertiary/aromatic N) is 1. The van der Waals surface area contributed by atoms with Crippen LogP contribution in [0.5, 0.6) is 0 Å². The SMILES string of the molecule is Cc1nc(Cl)ccc1NC(=O)c1c(Cl)cccc1Cl. The van der Waals surface area contributed by atoms with Crippen molar-refractivity contribution in [3.63, 3.8) is 0 Å². The summed E-state index contributed by atoms with van der Waals surface area (Å²) in [4.78, 5) is 16.2. The highest BCUT2D eigenvalue weighted by Gasteiger charge is 2.15. The number of hydrogen-bond acceptors (Lipinski definition) is 2. The van der Waals surface area contributed by atoms with Crippen molar-refractivity contribution in [2.24, 2.45) is 0 Å². The highest BCUT2D eigenvalue weighted by molar-refractivity contribution is 6.40. The molecule has 2 rings (SSSR count). The molecule has 0 saturated heterocycles. The Balaban J connectivity index is 2.31. The molecule has 6 heteroatoms. The summed E-state index contributed by atoms with van der Waals surface area (Å²) in [5.74, 6) is -0.386. The van der Waals surface area contributed by atoms with E-state index in [-0.39, 0.29) is 11.5 Å². The maximum absolute atomic E-state index is 12.2. The summed E-state index contributed by atoms with van der Waals surface area (Å²) >= 11 is 17.7. The molecule has 1 N–H and O–H groups in total. The molecule has 3 nitrogen and oxygen atoms in total. The van der Waals surface area contributed by atoms with E-state index in [2.05, 4.69) is 10.3 Å². The zero-order valence-electron chi connectivity index (χ0n) is 9.88. The monoisotopic (exact) mass is 314 g/mol. The number of benzene rings is 1. The van der Waals surface area contributed by atoms with Crippen LogP contribution in [0.15, 0.2) is 30.3 Å². The normalized spacial score (nSPS) is 10.3. The Morgan fingerprint density at radius 3 is 2.32 bits per heavy atom. The van der Waals surface area contributed by atoms with Gasteiger partial charge >= 0.3 is 0 Å². The zero-order chi connectivity index (χ0) is 14.0. The molecule has 1 aromatic carbocycles. The van der Waals surface area contributed by atoms with Crippen LogP contribution in [-0.2, 0) is 0 Å². The molecule has 1 amide bonds. The first-order valence-electron chi connectivity index (χ1n) is 5.37. The summed E-state index contributed by atoms with van der Waals surface area (Å²) < 4.78 is 0. The van der Waals surface area contributed by atoms with Gasteiger partial charge in [-0.1, -0.05) is 40.9 Å². The van der Waals surface area contributed by atoms with Crippen LogP contribution in [0, 0.1) is 6.92 Å². The van der Waals surface area contributed by atoms with Gasteiger partial charge in [0.1, 0.15) is 5.15 Å². The Morgan fingerprint density at radius 2 is 1.74 bits per heavy atom. The second-order valence-corrected chi connectivity index (χ2v) is 5.02. The van der Waals surface area contributed by atoms with Gasteiger partial charge in [0.2, 0.25) is 0 Å². The lowest BCUT2D eigenvalue weighted by atomic mass is 10.2. The molecule has 0 aliphatic rings. The van der Waals surface area contributed by atoms with Crippen LogP contribution in [0.2, 0.25) is 15.2 Å². The first kappa shape index (κ1) is 14.1. The predicted molar refractivity (Wildman–Crippen MR) is 78.4 cm³/mol. The first-order chi connectivity index (χ1) is 8.99. The molecule has 0 aliphatic carbocycles. The van der Waals surface area contributed by atoms with Crippen molar-refractivity contribution >= 4 is 46.4 Å². The van der Waals surface area contributed by atoms with Gasteiger partial charge in [0.05, 0.1) is 27.0 Å². The lowest BCUT2D eigenvalue weighted by Gasteiger charge is -2.10. The Bertz CT molecular complexity index is 624. The van der Waals surface area contributed by atoms with Crippen molar-refractivity contribution in [2.75, 3.05) is 5.32 Å². The Morgan fingerprint density at radius 1 is 1.11 bits per heavy atom. The number of aryl methyl sites for hydroxylation is 1. The van der Waals surface area contributed by atoms with E-state index in [1.54, 1.807) is 37.3 Å². The standard InChI is InChI=1S/C13H9Cl3N2O/c1-7-10(5-6-11(16)17-7)18-13(19)12-8(14)3-2-4-9(12)15/h2-6H,1H3,(H,18,19). The van der Waals surface area contributed by atoms with Crippen molar-refractivity contribution in [1.29, 1.82) is 0 Å².